The lowest BCUT2D eigenvalue weighted by atomic mass is 9.96. The van der Waals surface area contributed by atoms with Gasteiger partial charge in [0, 0.05) is 6.54 Å². The summed E-state index contributed by atoms with van der Waals surface area (Å²) in [4.78, 5) is 10.8. The quantitative estimate of drug-likeness (QED) is 0.798. The van der Waals surface area contributed by atoms with Crippen LogP contribution in [0.3, 0.4) is 0 Å². The van der Waals surface area contributed by atoms with Gasteiger partial charge in [0.05, 0.1) is 5.92 Å². The number of aliphatic carboxylic acids is 1. The average molecular weight is 211 g/mol. The van der Waals surface area contributed by atoms with E-state index in [1.807, 2.05) is 0 Å². The van der Waals surface area contributed by atoms with Gasteiger partial charge in [0.25, 0.3) is 0 Å². The Balaban J connectivity index is 3.03. The maximum atomic E-state index is 13.0. The van der Waals surface area contributed by atoms with Crippen molar-refractivity contribution in [2.75, 3.05) is 6.54 Å². The number of alkyl halides is 1. The number of rotatable bonds is 4. The molecular formula is C11H14FNO2. The molecule has 0 saturated heterocycles. The van der Waals surface area contributed by atoms with Crippen LogP contribution in [-0.2, 0) is 4.79 Å². The summed E-state index contributed by atoms with van der Waals surface area (Å²) in [7, 11) is 0. The van der Waals surface area contributed by atoms with Crippen LogP contribution in [0.15, 0.2) is 24.3 Å². The minimum atomic E-state index is -1.10. The van der Waals surface area contributed by atoms with Gasteiger partial charge in [-0.2, -0.15) is 0 Å². The fraction of sp³-hybridized carbons (Fsp3) is 0.364. The molecule has 0 aliphatic carbocycles. The second-order valence-electron chi connectivity index (χ2n) is 3.41. The number of benzene rings is 1. The van der Waals surface area contributed by atoms with E-state index in [2.05, 4.69) is 0 Å². The number of carbonyl (C=O) groups is 1. The van der Waals surface area contributed by atoms with Gasteiger partial charge in [-0.3, -0.25) is 4.79 Å². The van der Waals surface area contributed by atoms with Crippen LogP contribution < -0.4 is 5.73 Å². The Morgan fingerprint density at radius 3 is 2.60 bits per heavy atom. The summed E-state index contributed by atoms with van der Waals surface area (Å²) in [5.74, 6) is -1.75. The second kappa shape index (κ2) is 4.89. The molecule has 2 unspecified atom stereocenters. The van der Waals surface area contributed by atoms with Crippen LogP contribution in [0.4, 0.5) is 4.39 Å². The standard InChI is InChI=1S/C11H14FNO2/c1-7(12)8-3-2-4-9(5-8)10(6-13)11(14)15/h2-5,7,10H,6,13H2,1H3,(H,14,15). The van der Waals surface area contributed by atoms with E-state index in [1.165, 1.54) is 6.92 Å². The molecule has 0 fully saturated rings. The predicted octanol–water partition coefficient (Wildman–Crippen LogP) is 1.84. The van der Waals surface area contributed by atoms with E-state index in [0.717, 1.165) is 0 Å². The van der Waals surface area contributed by atoms with Crippen molar-refractivity contribution >= 4 is 5.97 Å². The van der Waals surface area contributed by atoms with Crippen LogP contribution in [0.25, 0.3) is 0 Å². The Hall–Kier alpha value is -1.42. The third kappa shape index (κ3) is 2.76. The summed E-state index contributed by atoms with van der Waals surface area (Å²) in [5, 5.41) is 8.88. The van der Waals surface area contributed by atoms with Gasteiger partial charge in [-0.15, -0.1) is 0 Å². The molecule has 15 heavy (non-hydrogen) atoms. The Morgan fingerprint density at radius 1 is 1.53 bits per heavy atom. The SMILES string of the molecule is CC(F)c1cccc(C(CN)C(=O)O)c1. The van der Waals surface area contributed by atoms with Gasteiger partial charge in [0.2, 0.25) is 0 Å². The van der Waals surface area contributed by atoms with Gasteiger partial charge in [-0.25, -0.2) is 4.39 Å². The molecule has 0 bridgehead atoms. The lowest BCUT2D eigenvalue weighted by Crippen LogP contribution is -2.21. The normalized spacial score (nSPS) is 14.6. The van der Waals surface area contributed by atoms with Crippen molar-refractivity contribution in [1.29, 1.82) is 0 Å². The van der Waals surface area contributed by atoms with E-state index in [-0.39, 0.29) is 6.54 Å². The fourth-order valence-electron chi connectivity index (χ4n) is 1.40. The van der Waals surface area contributed by atoms with Gasteiger partial charge in [-0.05, 0) is 18.1 Å². The molecule has 0 aliphatic rings. The Bertz CT molecular complexity index is 352. The van der Waals surface area contributed by atoms with Gasteiger partial charge in [0.15, 0.2) is 0 Å². The molecule has 0 saturated carbocycles. The molecule has 3 N–H and O–H groups in total. The molecule has 0 heterocycles. The third-order valence-electron chi connectivity index (χ3n) is 2.31. The highest BCUT2D eigenvalue weighted by molar-refractivity contribution is 5.76. The first-order valence-electron chi connectivity index (χ1n) is 4.73. The van der Waals surface area contributed by atoms with E-state index in [9.17, 15) is 9.18 Å². The van der Waals surface area contributed by atoms with Crippen molar-refractivity contribution in [2.24, 2.45) is 5.73 Å². The van der Waals surface area contributed by atoms with E-state index in [0.29, 0.717) is 11.1 Å². The number of carboxylic acids is 1. The highest BCUT2D eigenvalue weighted by Gasteiger charge is 2.18. The molecule has 3 nitrogen and oxygen atoms in total. The largest absolute Gasteiger partial charge is 0.481 e. The van der Waals surface area contributed by atoms with Crippen molar-refractivity contribution in [3.8, 4) is 0 Å². The Labute approximate surface area is 87.7 Å². The van der Waals surface area contributed by atoms with E-state index < -0.39 is 18.1 Å². The molecule has 0 aromatic heterocycles. The van der Waals surface area contributed by atoms with Crippen molar-refractivity contribution < 1.29 is 14.3 Å². The van der Waals surface area contributed by atoms with Crippen LogP contribution in [0.5, 0.6) is 0 Å². The van der Waals surface area contributed by atoms with Gasteiger partial charge in [-0.1, -0.05) is 24.3 Å². The number of hydrogen-bond donors (Lipinski definition) is 2. The zero-order chi connectivity index (χ0) is 11.4. The molecule has 1 rings (SSSR count). The molecule has 0 aliphatic heterocycles. The molecule has 1 aromatic rings. The van der Waals surface area contributed by atoms with E-state index in [4.69, 9.17) is 10.8 Å². The van der Waals surface area contributed by atoms with Crippen molar-refractivity contribution in [2.45, 2.75) is 19.0 Å². The number of carboxylic acid groups (broad SMARTS) is 1. The first-order chi connectivity index (χ1) is 7.06. The third-order valence-corrected chi connectivity index (χ3v) is 2.31. The monoisotopic (exact) mass is 211 g/mol. The maximum absolute atomic E-state index is 13.0. The highest BCUT2D eigenvalue weighted by atomic mass is 19.1. The van der Waals surface area contributed by atoms with Crippen LogP contribution in [0.1, 0.15) is 30.1 Å². The highest BCUT2D eigenvalue weighted by Crippen LogP contribution is 2.22. The summed E-state index contributed by atoms with van der Waals surface area (Å²) in [6, 6.07) is 6.48. The maximum Gasteiger partial charge on any atom is 0.312 e. The van der Waals surface area contributed by atoms with Crippen molar-refractivity contribution in [3.63, 3.8) is 0 Å². The van der Waals surface area contributed by atoms with Crippen LogP contribution in [-0.4, -0.2) is 17.6 Å². The Kier molecular flexibility index (Phi) is 3.80. The lowest BCUT2D eigenvalue weighted by molar-refractivity contribution is -0.138. The molecule has 4 heteroatoms. The number of hydrogen-bond acceptors (Lipinski definition) is 2. The first-order valence-corrected chi connectivity index (χ1v) is 4.73. The zero-order valence-corrected chi connectivity index (χ0v) is 8.48. The molecule has 0 amide bonds. The number of nitrogens with two attached hydrogens (primary N) is 1. The summed E-state index contributed by atoms with van der Waals surface area (Å²) in [6.07, 6.45) is -1.10. The van der Waals surface area contributed by atoms with Crippen LogP contribution >= 0.6 is 0 Å². The topological polar surface area (TPSA) is 63.3 Å². The first kappa shape index (κ1) is 11.7. The fourth-order valence-corrected chi connectivity index (χ4v) is 1.40. The molecule has 1 aromatic carbocycles. The van der Waals surface area contributed by atoms with E-state index >= 15 is 0 Å². The van der Waals surface area contributed by atoms with Crippen LogP contribution in [0, 0.1) is 0 Å². The molecule has 82 valence electrons. The lowest BCUT2D eigenvalue weighted by Gasteiger charge is -2.11. The van der Waals surface area contributed by atoms with Crippen LogP contribution in [0.2, 0.25) is 0 Å². The van der Waals surface area contributed by atoms with Gasteiger partial charge >= 0.3 is 5.97 Å². The average Bonchev–Trinajstić information content (AvgIpc) is 2.18. The molecule has 0 radical (unpaired) electrons. The summed E-state index contributed by atoms with van der Waals surface area (Å²) >= 11 is 0. The minimum Gasteiger partial charge on any atom is -0.481 e. The summed E-state index contributed by atoms with van der Waals surface area (Å²) in [5.41, 5.74) is 6.38. The second-order valence-corrected chi connectivity index (χ2v) is 3.41. The Morgan fingerprint density at radius 2 is 2.13 bits per heavy atom. The minimum absolute atomic E-state index is 0.0133. The molecular weight excluding hydrogens is 197 g/mol. The predicted molar refractivity (Wildman–Crippen MR) is 55.4 cm³/mol. The van der Waals surface area contributed by atoms with Gasteiger partial charge in [0.1, 0.15) is 6.17 Å². The van der Waals surface area contributed by atoms with Crippen molar-refractivity contribution in [3.05, 3.63) is 35.4 Å². The molecule has 2 atom stereocenters. The van der Waals surface area contributed by atoms with E-state index in [1.54, 1.807) is 24.3 Å². The molecule has 0 spiro atoms. The summed E-state index contributed by atoms with van der Waals surface area (Å²) in [6.45, 7) is 1.43. The van der Waals surface area contributed by atoms with Crippen molar-refractivity contribution in [1.82, 2.24) is 0 Å². The zero-order valence-electron chi connectivity index (χ0n) is 8.48. The number of halogens is 1. The summed E-state index contributed by atoms with van der Waals surface area (Å²) < 4.78 is 13.0. The van der Waals surface area contributed by atoms with Gasteiger partial charge < -0.3 is 10.8 Å². The smallest absolute Gasteiger partial charge is 0.312 e.